The smallest absolute Gasteiger partial charge is 0.257 e. The van der Waals surface area contributed by atoms with Crippen molar-refractivity contribution in [3.05, 3.63) is 52.0 Å². The number of likely N-dealkylation sites (N-methyl/N-ethyl adjacent to an activating group) is 1. The minimum Gasteiger partial charge on any atom is -0.493 e. The largest absolute Gasteiger partial charge is 0.493 e. The Kier molecular flexibility index (Phi) is 8.30. The fourth-order valence-corrected chi connectivity index (χ4v) is 5.22. The number of hydrogen-bond donors (Lipinski definition) is 1. The molecule has 0 saturated heterocycles. The number of amides is 2. The van der Waals surface area contributed by atoms with Gasteiger partial charge in [0.05, 0.1) is 43.3 Å². The number of rotatable bonds is 10. The van der Waals surface area contributed by atoms with Gasteiger partial charge < -0.3 is 24.6 Å². The molecule has 0 unspecified atom stereocenters. The van der Waals surface area contributed by atoms with Crippen molar-refractivity contribution in [1.82, 2.24) is 9.80 Å². The predicted octanol–water partition coefficient (Wildman–Crippen LogP) is 2.99. The molecule has 2 aromatic rings. The highest BCUT2D eigenvalue weighted by Crippen LogP contribution is 2.40. The third-order valence-electron chi connectivity index (χ3n) is 5.50. The second-order valence-corrected chi connectivity index (χ2v) is 11.2. The molecule has 0 saturated carbocycles. The first-order chi connectivity index (χ1) is 16.4. The van der Waals surface area contributed by atoms with Gasteiger partial charge in [-0.1, -0.05) is 17.7 Å². The molecule has 0 fully saturated rings. The summed E-state index contributed by atoms with van der Waals surface area (Å²) in [6, 6.07) is 7.49. The average Bonchev–Trinajstić information content (AvgIpc) is 3.11. The normalized spacial score (nSPS) is 14.1. The SMILES string of the molecule is CCOc1cc([C@@H](CS(C)(=O)=O)N2Cc3c(Cl)ccc(NC(=O)CN(C)C)c3C2=O)ccc1OC. The molecule has 0 spiro atoms. The van der Waals surface area contributed by atoms with Gasteiger partial charge in [0.2, 0.25) is 5.91 Å². The maximum absolute atomic E-state index is 13.7. The van der Waals surface area contributed by atoms with Crippen LogP contribution in [0.5, 0.6) is 11.5 Å². The quantitative estimate of drug-likeness (QED) is 0.510. The predicted molar refractivity (Wildman–Crippen MR) is 135 cm³/mol. The van der Waals surface area contributed by atoms with Crippen LogP contribution >= 0.6 is 11.6 Å². The van der Waals surface area contributed by atoms with Crippen LogP contribution in [-0.2, 0) is 21.2 Å². The monoisotopic (exact) mass is 523 g/mol. The minimum absolute atomic E-state index is 0.0978. The van der Waals surface area contributed by atoms with Crippen LogP contribution < -0.4 is 14.8 Å². The van der Waals surface area contributed by atoms with E-state index in [0.29, 0.717) is 39.9 Å². The van der Waals surface area contributed by atoms with E-state index in [9.17, 15) is 18.0 Å². The lowest BCUT2D eigenvalue weighted by molar-refractivity contribution is -0.116. The first-order valence-corrected chi connectivity index (χ1v) is 13.4. The maximum atomic E-state index is 13.7. The standard InChI is InChI=1S/C24H30ClN3O6S/c1-6-34-21-11-15(7-10-20(21)33-4)19(14-35(5,31)32)28-12-16-17(25)8-9-18(23(16)24(28)30)26-22(29)13-27(2)3/h7-11,19H,6,12-14H2,1-5H3,(H,26,29)/t19-/m1/s1. The zero-order valence-corrected chi connectivity index (χ0v) is 22.0. The first-order valence-electron chi connectivity index (χ1n) is 11.0. The van der Waals surface area contributed by atoms with Crippen LogP contribution in [0.15, 0.2) is 30.3 Å². The van der Waals surface area contributed by atoms with Gasteiger partial charge in [-0.2, -0.15) is 0 Å². The summed E-state index contributed by atoms with van der Waals surface area (Å²) in [7, 11) is 1.55. The summed E-state index contributed by atoms with van der Waals surface area (Å²) in [4.78, 5) is 29.2. The van der Waals surface area contributed by atoms with E-state index >= 15 is 0 Å². The number of anilines is 1. The number of ether oxygens (including phenoxy) is 2. The van der Waals surface area contributed by atoms with E-state index in [0.717, 1.165) is 6.26 Å². The first kappa shape index (κ1) is 26.8. The van der Waals surface area contributed by atoms with Crippen molar-refractivity contribution >= 4 is 38.9 Å². The van der Waals surface area contributed by atoms with Crippen LogP contribution in [0.25, 0.3) is 0 Å². The van der Waals surface area contributed by atoms with E-state index in [2.05, 4.69) is 5.32 Å². The Labute approximate surface area is 210 Å². The summed E-state index contributed by atoms with van der Waals surface area (Å²) < 4.78 is 35.8. The van der Waals surface area contributed by atoms with Crippen LogP contribution in [0.3, 0.4) is 0 Å². The summed E-state index contributed by atoms with van der Waals surface area (Å²) >= 11 is 6.43. The van der Waals surface area contributed by atoms with E-state index < -0.39 is 21.8 Å². The summed E-state index contributed by atoms with van der Waals surface area (Å²) in [5.41, 5.74) is 1.72. The van der Waals surface area contributed by atoms with Gasteiger partial charge >= 0.3 is 0 Å². The molecule has 1 N–H and O–H groups in total. The Morgan fingerprint density at radius 2 is 1.94 bits per heavy atom. The van der Waals surface area contributed by atoms with Gasteiger partial charge in [-0.3, -0.25) is 9.59 Å². The summed E-state index contributed by atoms with van der Waals surface area (Å²) in [5, 5.41) is 3.14. The number of nitrogens with one attached hydrogen (secondary N) is 1. The molecule has 1 heterocycles. The molecular weight excluding hydrogens is 494 g/mol. The number of hydrogen-bond acceptors (Lipinski definition) is 7. The van der Waals surface area contributed by atoms with Crippen LogP contribution in [0.4, 0.5) is 5.69 Å². The van der Waals surface area contributed by atoms with Gasteiger partial charge in [-0.15, -0.1) is 0 Å². The molecule has 0 aliphatic carbocycles. The average molecular weight is 524 g/mol. The molecule has 1 aliphatic rings. The van der Waals surface area contributed by atoms with Crippen molar-refractivity contribution in [3.63, 3.8) is 0 Å². The highest BCUT2D eigenvalue weighted by Gasteiger charge is 2.38. The van der Waals surface area contributed by atoms with Crippen molar-refractivity contribution in [2.75, 3.05) is 51.7 Å². The third-order valence-corrected chi connectivity index (χ3v) is 6.78. The van der Waals surface area contributed by atoms with Crippen molar-refractivity contribution in [2.24, 2.45) is 0 Å². The molecule has 9 nitrogen and oxygen atoms in total. The van der Waals surface area contributed by atoms with Crippen LogP contribution in [0.1, 0.15) is 34.5 Å². The number of nitrogens with zero attached hydrogens (tertiary/aromatic N) is 2. The van der Waals surface area contributed by atoms with Crippen LogP contribution in [0, 0.1) is 0 Å². The second kappa shape index (κ2) is 10.8. The number of carbonyl (C=O) groups is 2. The Balaban J connectivity index is 2.05. The fraction of sp³-hybridized carbons (Fsp3) is 0.417. The Morgan fingerprint density at radius 1 is 1.23 bits per heavy atom. The number of benzene rings is 2. The Morgan fingerprint density at radius 3 is 2.54 bits per heavy atom. The van der Waals surface area contributed by atoms with Gasteiger partial charge in [-0.25, -0.2) is 8.42 Å². The zero-order valence-electron chi connectivity index (χ0n) is 20.4. The van der Waals surface area contributed by atoms with Gasteiger partial charge in [-0.05, 0) is 50.8 Å². The zero-order chi connectivity index (χ0) is 25.9. The van der Waals surface area contributed by atoms with Gasteiger partial charge in [0, 0.05) is 23.4 Å². The Hall–Kier alpha value is -2.82. The summed E-state index contributed by atoms with van der Waals surface area (Å²) in [6.45, 7) is 2.45. The molecule has 11 heteroatoms. The number of fused-ring (bicyclic) bond motifs is 1. The summed E-state index contributed by atoms with van der Waals surface area (Å²) in [5.74, 6) is -0.0477. The molecular formula is C24H30ClN3O6S. The van der Waals surface area contributed by atoms with Crippen LogP contribution in [-0.4, -0.2) is 76.4 Å². The van der Waals surface area contributed by atoms with Gasteiger partial charge in [0.25, 0.3) is 5.91 Å². The molecule has 3 rings (SSSR count). The van der Waals surface area contributed by atoms with E-state index in [1.807, 2.05) is 6.92 Å². The van der Waals surface area contributed by atoms with E-state index in [4.69, 9.17) is 21.1 Å². The molecule has 1 aliphatic heterocycles. The molecule has 2 aromatic carbocycles. The molecule has 35 heavy (non-hydrogen) atoms. The third kappa shape index (κ3) is 6.25. The fourth-order valence-electron chi connectivity index (χ4n) is 4.06. The molecule has 2 amide bonds. The van der Waals surface area contributed by atoms with Gasteiger partial charge in [0.15, 0.2) is 11.5 Å². The molecule has 0 aromatic heterocycles. The lowest BCUT2D eigenvalue weighted by Gasteiger charge is -2.28. The lowest BCUT2D eigenvalue weighted by atomic mass is 10.1. The lowest BCUT2D eigenvalue weighted by Crippen LogP contribution is -2.34. The molecule has 0 radical (unpaired) electrons. The van der Waals surface area contributed by atoms with Gasteiger partial charge in [0.1, 0.15) is 9.84 Å². The molecule has 1 atom stereocenters. The topological polar surface area (TPSA) is 105 Å². The second-order valence-electron chi connectivity index (χ2n) is 8.62. The van der Waals surface area contributed by atoms with Crippen molar-refractivity contribution < 1.29 is 27.5 Å². The highest BCUT2D eigenvalue weighted by atomic mass is 35.5. The highest BCUT2D eigenvalue weighted by molar-refractivity contribution is 7.90. The number of halogens is 1. The number of carbonyl (C=O) groups excluding carboxylic acids is 2. The van der Waals surface area contributed by atoms with E-state index in [1.165, 1.54) is 12.0 Å². The van der Waals surface area contributed by atoms with Crippen molar-refractivity contribution in [3.8, 4) is 11.5 Å². The minimum atomic E-state index is -3.49. The molecule has 0 bridgehead atoms. The van der Waals surface area contributed by atoms with E-state index in [-0.39, 0.29) is 30.3 Å². The van der Waals surface area contributed by atoms with Crippen molar-refractivity contribution in [1.29, 1.82) is 0 Å². The molecule has 190 valence electrons. The van der Waals surface area contributed by atoms with Crippen molar-refractivity contribution in [2.45, 2.75) is 19.5 Å². The summed E-state index contributed by atoms with van der Waals surface area (Å²) in [6.07, 6.45) is 1.13. The maximum Gasteiger partial charge on any atom is 0.257 e. The number of methoxy groups -OCH3 is 1. The van der Waals surface area contributed by atoms with Crippen LogP contribution in [0.2, 0.25) is 5.02 Å². The number of sulfone groups is 1. The Bertz CT molecular complexity index is 1230. The van der Waals surface area contributed by atoms with E-state index in [1.54, 1.807) is 49.3 Å².